The van der Waals surface area contributed by atoms with E-state index >= 15 is 0 Å². The number of benzene rings is 1. The molecule has 1 aromatic rings. The number of hydrogen-bond donors (Lipinski definition) is 2. The molecule has 1 unspecified atom stereocenters. The molecule has 1 heterocycles. The summed E-state index contributed by atoms with van der Waals surface area (Å²) < 4.78 is 5.82. The van der Waals surface area contributed by atoms with Crippen molar-refractivity contribution in [3.05, 3.63) is 29.8 Å². The van der Waals surface area contributed by atoms with Gasteiger partial charge >= 0.3 is 0 Å². The van der Waals surface area contributed by atoms with Crippen LogP contribution in [0.25, 0.3) is 0 Å². The maximum absolute atomic E-state index is 9.83. The first kappa shape index (κ1) is 15.3. The molecule has 2 N–H and O–H groups in total. The zero-order chi connectivity index (χ0) is 14.8. The fraction of sp³-hybridized carbons (Fsp3) is 0.625. The van der Waals surface area contributed by atoms with Crippen molar-refractivity contribution in [1.29, 1.82) is 0 Å². The lowest BCUT2D eigenvalue weighted by molar-refractivity contribution is -0.101. The Labute approximate surface area is 121 Å². The average Bonchev–Trinajstić information content (AvgIpc) is 2.44. The second-order valence-electron chi connectivity index (χ2n) is 6.08. The lowest BCUT2D eigenvalue weighted by atomic mass is 10.0. The van der Waals surface area contributed by atoms with Crippen LogP contribution in [0, 0.1) is 0 Å². The highest BCUT2D eigenvalue weighted by Gasteiger charge is 2.33. The molecule has 0 spiro atoms. The quantitative estimate of drug-likeness (QED) is 0.886. The number of hydrogen-bond acceptors (Lipinski definition) is 4. The van der Waals surface area contributed by atoms with Gasteiger partial charge in [0, 0.05) is 18.8 Å². The maximum Gasteiger partial charge on any atom is 0.0988 e. The summed E-state index contributed by atoms with van der Waals surface area (Å²) in [6, 6.07) is 8.01. The second-order valence-corrected chi connectivity index (χ2v) is 6.08. The van der Waals surface area contributed by atoms with Crippen molar-refractivity contribution in [2.24, 2.45) is 0 Å². The third kappa shape index (κ3) is 3.51. The Morgan fingerprint density at radius 2 is 2.00 bits per heavy atom. The highest BCUT2D eigenvalue weighted by molar-refractivity contribution is 5.49. The van der Waals surface area contributed by atoms with Crippen LogP contribution in [0.1, 0.15) is 38.9 Å². The molecule has 0 aliphatic carbocycles. The zero-order valence-corrected chi connectivity index (χ0v) is 12.5. The van der Waals surface area contributed by atoms with Crippen molar-refractivity contribution in [3.8, 4) is 0 Å². The molecule has 0 bridgehead atoms. The van der Waals surface area contributed by atoms with Crippen LogP contribution in [0.2, 0.25) is 0 Å². The van der Waals surface area contributed by atoms with Crippen LogP contribution in [0.4, 0.5) is 5.69 Å². The zero-order valence-electron chi connectivity index (χ0n) is 12.5. The van der Waals surface area contributed by atoms with E-state index in [1.165, 1.54) is 0 Å². The monoisotopic (exact) mass is 279 g/mol. The van der Waals surface area contributed by atoms with Crippen LogP contribution in [-0.4, -0.2) is 41.6 Å². The smallest absolute Gasteiger partial charge is 0.0988 e. The van der Waals surface area contributed by atoms with Gasteiger partial charge in [0.05, 0.1) is 24.4 Å². The Morgan fingerprint density at radius 1 is 1.35 bits per heavy atom. The van der Waals surface area contributed by atoms with Gasteiger partial charge in [-0.25, -0.2) is 0 Å². The minimum Gasteiger partial charge on any atom is -0.394 e. The van der Waals surface area contributed by atoms with Crippen molar-refractivity contribution < 1.29 is 14.9 Å². The Hall–Kier alpha value is -1.10. The summed E-state index contributed by atoms with van der Waals surface area (Å²) in [6.07, 6.45) is 0.172. The maximum atomic E-state index is 9.83. The Morgan fingerprint density at radius 3 is 2.55 bits per heavy atom. The summed E-state index contributed by atoms with van der Waals surface area (Å²) in [5.74, 6) is 0. The SMILES string of the molecule is CC[C@H](O)c1ccc(N2CC(CO)OC(C)(C)C2)cc1. The summed E-state index contributed by atoms with van der Waals surface area (Å²) in [7, 11) is 0. The third-order valence-corrected chi connectivity index (χ3v) is 3.71. The number of nitrogens with zero attached hydrogens (tertiary/aromatic N) is 1. The molecule has 1 fully saturated rings. The van der Waals surface area contributed by atoms with Gasteiger partial charge in [-0.15, -0.1) is 0 Å². The number of aliphatic hydroxyl groups excluding tert-OH is 2. The van der Waals surface area contributed by atoms with Crippen molar-refractivity contribution in [1.82, 2.24) is 0 Å². The molecule has 0 radical (unpaired) electrons. The molecule has 1 aliphatic rings. The van der Waals surface area contributed by atoms with E-state index in [0.29, 0.717) is 6.54 Å². The van der Waals surface area contributed by atoms with Crippen molar-refractivity contribution in [3.63, 3.8) is 0 Å². The van der Waals surface area contributed by atoms with Crippen LogP contribution in [0.15, 0.2) is 24.3 Å². The van der Waals surface area contributed by atoms with Crippen LogP contribution in [0.3, 0.4) is 0 Å². The van der Waals surface area contributed by atoms with Crippen LogP contribution in [0.5, 0.6) is 0 Å². The highest BCUT2D eigenvalue weighted by atomic mass is 16.5. The molecule has 1 saturated heterocycles. The fourth-order valence-corrected chi connectivity index (χ4v) is 2.73. The van der Waals surface area contributed by atoms with E-state index in [4.69, 9.17) is 4.74 Å². The molecule has 4 heteroatoms. The van der Waals surface area contributed by atoms with Crippen LogP contribution in [-0.2, 0) is 4.74 Å². The van der Waals surface area contributed by atoms with E-state index < -0.39 is 6.10 Å². The number of aliphatic hydroxyl groups is 2. The molecule has 20 heavy (non-hydrogen) atoms. The Balaban J connectivity index is 2.14. The molecule has 0 amide bonds. The highest BCUT2D eigenvalue weighted by Crippen LogP contribution is 2.27. The molecule has 0 saturated carbocycles. The van der Waals surface area contributed by atoms with Crippen molar-refractivity contribution >= 4 is 5.69 Å². The topological polar surface area (TPSA) is 52.9 Å². The Bertz CT molecular complexity index is 430. The number of morpholine rings is 1. The summed E-state index contributed by atoms with van der Waals surface area (Å²) in [6.45, 7) is 7.56. The summed E-state index contributed by atoms with van der Waals surface area (Å²) in [5, 5.41) is 19.2. The first-order chi connectivity index (χ1) is 9.45. The van der Waals surface area contributed by atoms with E-state index in [1.54, 1.807) is 0 Å². The predicted octanol–water partition coefficient (Wildman–Crippen LogP) is 2.11. The second kappa shape index (κ2) is 6.12. The van der Waals surface area contributed by atoms with E-state index in [1.807, 2.05) is 45.0 Å². The number of rotatable bonds is 4. The molecule has 1 aromatic carbocycles. The van der Waals surface area contributed by atoms with Crippen LogP contribution < -0.4 is 4.90 Å². The van der Waals surface area contributed by atoms with Crippen molar-refractivity contribution in [2.75, 3.05) is 24.6 Å². The number of anilines is 1. The van der Waals surface area contributed by atoms with Gasteiger partial charge in [0.25, 0.3) is 0 Å². The minimum absolute atomic E-state index is 0.0343. The molecule has 1 aliphatic heterocycles. The molecule has 2 rings (SSSR count). The van der Waals surface area contributed by atoms with Gasteiger partial charge in [0.2, 0.25) is 0 Å². The van der Waals surface area contributed by atoms with Crippen molar-refractivity contribution in [2.45, 2.75) is 45.0 Å². The molecular weight excluding hydrogens is 254 g/mol. The predicted molar refractivity (Wildman–Crippen MR) is 79.9 cm³/mol. The fourth-order valence-electron chi connectivity index (χ4n) is 2.73. The first-order valence-electron chi connectivity index (χ1n) is 7.27. The van der Waals surface area contributed by atoms with Gasteiger partial charge in [-0.1, -0.05) is 19.1 Å². The minimum atomic E-state index is -0.393. The van der Waals surface area contributed by atoms with Crippen LogP contribution >= 0.6 is 0 Å². The van der Waals surface area contributed by atoms with Gasteiger partial charge in [-0.05, 0) is 38.0 Å². The summed E-state index contributed by atoms with van der Waals surface area (Å²) in [4.78, 5) is 2.23. The Kier molecular flexibility index (Phi) is 4.68. The third-order valence-electron chi connectivity index (χ3n) is 3.71. The van der Waals surface area contributed by atoms with E-state index in [2.05, 4.69) is 4.90 Å². The molecule has 0 aromatic heterocycles. The van der Waals surface area contributed by atoms with E-state index in [9.17, 15) is 10.2 Å². The lowest BCUT2D eigenvalue weighted by Gasteiger charge is -2.43. The van der Waals surface area contributed by atoms with E-state index in [-0.39, 0.29) is 18.3 Å². The van der Waals surface area contributed by atoms with E-state index in [0.717, 1.165) is 24.2 Å². The van der Waals surface area contributed by atoms with Gasteiger partial charge in [0.1, 0.15) is 0 Å². The van der Waals surface area contributed by atoms with Gasteiger partial charge in [-0.3, -0.25) is 0 Å². The summed E-state index contributed by atoms with van der Waals surface area (Å²) >= 11 is 0. The lowest BCUT2D eigenvalue weighted by Crippen LogP contribution is -2.54. The normalized spacial score (nSPS) is 23.6. The van der Waals surface area contributed by atoms with Gasteiger partial charge in [0.15, 0.2) is 0 Å². The molecule has 2 atom stereocenters. The summed E-state index contributed by atoms with van der Waals surface area (Å²) in [5.41, 5.74) is 1.78. The number of ether oxygens (including phenoxy) is 1. The van der Waals surface area contributed by atoms with Gasteiger partial charge < -0.3 is 19.8 Å². The average molecular weight is 279 g/mol. The standard InChI is InChI=1S/C16H25NO3/c1-4-15(19)12-5-7-13(8-6-12)17-9-14(10-18)20-16(2,3)11-17/h5-8,14-15,18-19H,4,9-11H2,1-3H3/t14?,15-/m0/s1. The molecular formula is C16H25NO3. The molecule has 4 nitrogen and oxygen atoms in total. The first-order valence-corrected chi connectivity index (χ1v) is 7.27. The van der Waals surface area contributed by atoms with Gasteiger partial charge in [-0.2, -0.15) is 0 Å². The largest absolute Gasteiger partial charge is 0.394 e. The molecule has 112 valence electrons.